The molecule has 31 heavy (non-hydrogen) atoms. The molecule has 1 saturated heterocycles. The molecule has 2 aliphatic rings. The number of nitrogens with zero attached hydrogens (tertiary/aromatic N) is 1. The molecule has 1 heterocycles. The molecule has 6 nitrogen and oxygen atoms in total. The van der Waals surface area contributed by atoms with Crippen LogP contribution < -0.4 is 0 Å². The number of rotatable bonds is 9. The minimum Gasteiger partial charge on any atom is -0.351 e. The molecular weight excluding hydrogens is 494 g/mol. The fourth-order valence-electron chi connectivity index (χ4n) is 3.21. The van der Waals surface area contributed by atoms with Gasteiger partial charge in [-0.15, -0.1) is 0 Å². The van der Waals surface area contributed by atoms with E-state index in [9.17, 15) is 43.5 Å². The van der Waals surface area contributed by atoms with Crippen LogP contribution in [0, 0.1) is 5.92 Å². The van der Waals surface area contributed by atoms with Crippen molar-refractivity contribution in [3.63, 3.8) is 0 Å². The van der Waals surface area contributed by atoms with Crippen LogP contribution in [0.4, 0.5) is 35.1 Å². The average Bonchev–Trinajstić information content (AvgIpc) is 3.18. The maximum atomic E-state index is 14.4. The summed E-state index contributed by atoms with van der Waals surface area (Å²) in [6.45, 7) is 2.51. The van der Waals surface area contributed by atoms with Crippen LogP contribution in [0.1, 0.15) is 39.5 Å². The van der Waals surface area contributed by atoms with E-state index in [1.807, 2.05) is 0 Å². The van der Waals surface area contributed by atoms with E-state index >= 15 is 0 Å². The molecular formula is C15H20ClF8NO5S. The van der Waals surface area contributed by atoms with Crippen molar-refractivity contribution in [2.75, 3.05) is 13.2 Å². The van der Waals surface area contributed by atoms with Gasteiger partial charge in [0.15, 0.2) is 6.29 Å². The van der Waals surface area contributed by atoms with E-state index in [1.54, 1.807) is 13.8 Å². The SMILES string of the molecule is CC(C)COC1CN(S(=O)(=O)C(F)(F)C(F)(F)OC(F)(F)C(F)(F)Cl)C2(CCCC2)O1. The van der Waals surface area contributed by atoms with Crippen LogP contribution in [-0.2, 0) is 24.2 Å². The Morgan fingerprint density at radius 1 is 1.06 bits per heavy atom. The third-order valence-corrected chi connectivity index (χ3v) is 6.83. The van der Waals surface area contributed by atoms with Crippen molar-refractivity contribution in [1.29, 1.82) is 0 Å². The average molecular weight is 514 g/mol. The largest absolute Gasteiger partial charge is 0.449 e. The molecule has 16 heteroatoms. The van der Waals surface area contributed by atoms with E-state index in [0.29, 0.717) is 0 Å². The van der Waals surface area contributed by atoms with Gasteiger partial charge in [0.05, 0.1) is 13.2 Å². The molecule has 2 rings (SSSR count). The molecule has 0 radical (unpaired) electrons. The minimum atomic E-state index is -6.58. The fourth-order valence-corrected chi connectivity index (χ4v) is 4.85. The number of hydrogen-bond acceptors (Lipinski definition) is 5. The zero-order valence-corrected chi connectivity index (χ0v) is 17.8. The molecule has 1 aliphatic heterocycles. The summed E-state index contributed by atoms with van der Waals surface area (Å²) in [7, 11) is -6.48. The van der Waals surface area contributed by atoms with E-state index in [-0.39, 0.29) is 42.5 Å². The lowest BCUT2D eigenvalue weighted by Crippen LogP contribution is -2.60. The smallest absolute Gasteiger partial charge is 0.351 e. The third-order valence-electron chi connectivity index (χ3n) is 4.66. The van der Waals surface area contributed by atoms with Crippen molar-refractivity contribution < 1.29 is 57.8 Å². The number of sulfonamides is 1. The lowest BCUT2D eigenvalue weighted by Gasteiger charge is -2.36. The molecule has 0 aromatic rings. The number of halogens is 9. The van der Waals surface area contributed by atoms with Gasteiger partial charge in [-0.25, -0.2) is 13.2 Å². The van der Waals surface area contributed by atoms with E-state index in [2.05, 4.69) is 16.3 Å². The van der Waals surface area contributed by atoms with Gasteiger partial charge < -0.3 is 9.47 Å². The Bertz CT molecular complexity index is 755. The molecule has 0 N–H and O–H groups in total. The Kier molecular flexibility index (Phi) is 7.24. The van der Waals surface area contributed by atoms with E-state index in [4.69, 9.17) is 9.47 Å². The van der Waals surface area contributed by atoms with Crippen molar-refractivity contribution in [3.8, 4) is 0 Å². The Hall–Kier alpha value is -0.480. The van der Waals surface area contributed by atoms with Crippen LogP contribution in [0.2, 0.25) is 0 Å². The van der Waals surface area contributed by atoms with Gasteiger partial charge in [0.2, 0.25) is 0 Å². The maximum Gasteiger partial charge on any atom is 0.449 e. The molecule has 1 saturated carbocycles. The highest BCUT2D eigenvalue weighted by atomic mass is 35.5. The topological polar surface area (TPSA) is 65.1 Å². The summed E-state index contributed by atoms with van der Waals surface area (Å²) < 4.78 is 146. The maximum absolute atomic E-state index is 14.4. The molecule has 0 amide bonds. The van der Waals surface area contributed by atoms with Crippen LogP contribution in [-0.4, -0.2) is 60.7 Å². The van der Waals surface area contributed by atoms with Crippen LogP contribution in [0.5, 0.6) is 0 Å². The van der Waals surface area contributed by atoms with Gasteiger partial charge in [0.1, 0.15) is 5.72 Å². The summed E-state index contributed by atoms with van der Waals surface area (Å²) >= 11 is 3.92. The van der Waals surface area contributed by atoms with Gasteiger partial charge in [-0.05, 0) is 43.2 Å². The van der Waals surface area contributed by atoms with Gasteiger partial charge in [0, 0.05) is 0 Å². The summed E-state index contributed by atoms with van der Waals surface area (Å²) in [6.07, 6.45) is -14.0. The summed E-state index contributed by atoms with van der Waals surface area (Å²) in [6, 6.07) is 0. The summed E-state index contributed by atoms with van der Waals surface area (Å²) in [4.78, 5) is 0. The molecule has 0 bridgehead atoms. The normalized spacial score (nSPS) is 23.9. The second-order valence-corrected chi connectivity index (χ2v) is 9.99. The second kappa shape index (κ2) is 8.38. The fraction of sp³-hybridized carbons (Fsp3) is 1.00. The highest BCUT2D eigenvalue weighted by Crippen LogP contribution is 2.52. The summed E-state index contributed by atoms with van der Waals surface area (Å²) in [5, 5.41) is -12.2. The Morgan fingerprint density at radius 3 is 2.03 bits per heavy atom. The molecule has 1 atom stereocenters. The summed E-state index contributed by atoms with van der Waals surface area (Å²) in [5.74, 6) is -0.0765. The zero-order valence-electron chi connectivity index (χ0n) is 16.2. The molecule has 2 fully saturated rings. The predicted molar refractivity (Wildman–Crippen MR) is 89.2 cm³/mol. The van der Waals surface area contributed by atoms with Crippen LogP contribution in [0.15, 0.2) is 0 Å². The molecule has 1 spiro atoms. The Morgan fingerprint density at radius 2 is 1.58 bits per heavy atom. The predicted octanol–water partition coefficient (Wildman–Crippen LogP) is 4.54. The van der Waals surface area contributed by atoms with E-state index < -0.39 is 51.4 Å². The van der Waals surface area contributed by atoms with Gasteiger partial charge >= 0.3 is 22.9 Å². The van der Waals surface area contributed by atoms with Crippen molar-refractivity contribution in [3.05, 3.63) is 0 Å². The minimum absolute atomic E-state index is 0.0152. The van der Waals surface area contributed by atoms with Crippen molar-refractivity contribution >= 4 is 21.6 Å². The highest BCUT2D eigenvalue weighted by molar-refractivity contribution is 7.90. The van der Waals surface area contributed by atoms with Gasteiger partial charge in [-0.2, -0.15) is 39.4 Å². The lowest BCUT2D eigenvalue weighted by atomic mass is 10.2. The van der Waals surface area contributed by atoms with Crippen molar-refractivity contribution in [2.45, 2.75) is 74.4 Å². The molecule has 1 unspecified atom stereocenters. The molecule has 0 aromatic carbocycles. The first-order chi connectivity index (χ1) is 13.8. The second-order valence-electron chi connectivity index (χ2n) is 7.61. The standard InChI is InChI=1S/C15H20ClF8NO5S/c1-9(2)8-28-10-7-25(11(29-10)5-3-4-6-11)31(26,27)15(23,24)14(21,22)30-13(19,20)12(16,17)18/h9-10H,3-8H2,1-2H3. The van der Waals surface area contributed by atoms with Crippen LogP contribution in [0.3, 0.4) is 0 Å². The zero-order chi connectivity index (χ0) is 24.1. The molecule has 0 aromatic heterocycles. The first kappa shape index (κ1) is 26.8. The van der Waals surface area contributed by atoms with Crippen LogP contribution in [0.25, 0.3) is 0 Å². The molecule has 184 valence electrons. The highest BCUT2D eigenvalue weighted by Gasteiger charge is 2.76. The van der Waals surface area contributed by atoms with E-state index in [1.165, 1.54) is 0 Å². The number of alkyl halides is 9. The van der Waals surface area contributed by atoms with Crippen LogP contribution >= 0.6 is 11.6 Å². The van der Waals surface area contributed by atoms with Gasteiger partial charge in [-0.1, -0.05) is 13.8 Å². The summed E-state index contributed by atoms with van der Waals surface area (Å²) in [5.41, 5.74) is -1.97. The number of hydrogen-bond donors (Lipinski definition) is 0. The van der Waals surface area contributed by atoms with Crippen molar-refractivity contribution in [2.24, 2.45) is 5.92 Å². The first-order valence-corrected chi connectivity index (χ1v) is 10.8. The third kappa shape index (κ3) is 4.90. The quantitative estimate of drug-likeness (QED) is 0.334. The molecule has 1 aliphatic carbocycles. The van der Waals surface area contributed by atoms with Crippen molar-refractivity contribution in [1.82, 2.24) is 4.31 Å². The van der Waals surface area contributed by atoms with Gasteiger partial charge in [-0.3, -0.25) is 0 Å². The number of ether oxygens (including phenoxy) is 3. The Labute approximate surface area is 177 Å². The lowest BCUT2D eigenvalue weighted by molar-refractivity contribution is -0.443. The van der Waals surface area contributed by atoms with Gasteiger partial charge in [0.25, 0.3) is 10.0 Å². The first-order valence-electron chi connectivity index (χ1n) is 9.01. The van der Waals surface area contributed by atoms with E-state index in [0.717, 1.165) is 0 Å². The Balaban J connectivity index is 2.38. The monoisotopic (exact) mass is 513 g/mol.